The topological polar surface area (TPSA) is 73.7 Å². The molecule has 1 aromatic carbocycles. The second kappa shape index (κ2) is 6.76. The Hall–Kier alpha value is -2.93. The highest BCUT2D eigenvalue weighted by Crippen LogP contribution is 2.17. The largest absolute Gasteiger partial charge is 0.331 e. The third kappa shape index (κ3) is 3.01. The number of H-pyrrole nitrogens is 1. The number of amides is 1. The number of piperazine rings is 1. The molecule has 0 saturated carbocycles. The SMILES string of the molecule is CN1CCN(C(=O)c2c[nH]c(=O)c3cncn23)C(Cc2ccccc2)C1. The highest BCUT2D eigenvalue weighted by Gasteiger charge is 2.31. The van der Waals surface area contributed by atoms with Crippen molar-refractivity contribution in [2.75, 3.05) is 26.7 Å². The Balaban J connectivity index is 1.66. The molecule has 4 rings (SSSR count). The molecular weight excluding hydrogens is 330 g/mol. The van der Waals surface area contributed by atoms with Crippen molar-refractivity contribution in [3.8, 4) is 0 Å². The van der Waals surface area contributed by atoms with Gasteiger partial charge in [0.15, 0.2) is 0 Å². The smallest absolute Gasteiger partial charge is 0.273 e. The molecule has 1 saturated heterocycles. The van der Waals surface area contributed by atoms with Crippen LogP contribution in [0.4, 0.5) is 0 Å². The fraction of sp³-hybridized carbons (Fsp3) is 0.316. The molecule has 1 fully saturated rings. The first kappa shape index (κ1) is 16.5. The van der Waals surface area contributed by atoms with Crippen LogP contribution in [0.3, 0.4) is 0 Å². The summed E-state index contributed by atoms with van der Waals surface area (Å²) in [5.74, 6) is -0.0849. The predicted octanol–water partition coefficient (Wildman–Crippen LogP) is 1.02. The zero-order chi connectivity index (χ0) is 18.1. The molecule has 7 heteroatoms. The standard InChI is InChI=1S/C19H21N5O2/c1-22-7-8-23(15(12-22)9-14-5-3-2-4-6-14)19(26)17-11-21-18(25)16-10-20-13-24(16)17/h2-6,10-11,13,15H,7-9,12H2,1H3,(H,21,25). The molecule has 1 unspecified atom stereocenters. The molecule has 134 valence electrons. The van der Waals surface area contributed by atoms with E-state index in [-0.39, 0.29) is 17.5 Å². The Kier molecular flexibility index (Phi) is 4.30. The Labute approximate surface area is 150 Å². The number of nitrogens with one attached hydrogen (secondary N) is 1. The van der Waals surface area contributed by atoms with Crippen LogP contribution in [0.5, 0.6) is 0 Å². The summed E-state index contributed by atoms with van der Waals surface area (Å²) < 4.78 is 1.57. The lowest BCUT2D eigenvalue weighted by Gasteiger charge is -2.40. The van der Waals surface area contributed by atoms with Gasteiger partial charge in [0.25, 0.3) is 11.5 Å². The summed E-state index contributed by atoms with van der Waals surface area (Å²) in [6.07, 6.45) is 5.27. The van der Waals surface area contributed by atoms with Gasteiger partial charge >= 0.3 is 0 Å². The number of rotatable bonds is 3. The third-order valence-corrected chi connectivity index (χ3v) is 4.95. The predicted molar refractivity (Wildman–Crippen MR) is 98.3 cm³/mol. The average Bonchev–Trinajstić information content (AvgIpc) is 3.13. The minimum absolute atomic E-state index is 0.0779. The first-order valence-electron chi connectivity index (χ1n) is 8.70. The lowest BCUT2D eigenvalue weighted by atomic mass is 10.0. The van der Waals surface area contributed by atoms with E-state index in [0.29, 0.717) is 17.8 Å². The van der Waals surface area contributed by atoms with Crippen LogP contribution in [0, 0.1) is 0 Å². The maximum absolute atomic E-state index is 13.3. The Morgan fingerprint density at radius 3 is 2.88 bits per heavy atom. The maximum Gasteiger partial charge on any atom is 0.273 e. The second-order valence-electron chi connectivity index (χ2n) is 6.76. The van der Waals surface area contributed by atoms with E-state index < -0.39 is 0 Å². The molecule has 1 aliphatic rings. The average molecular weight is 351 g/mol. The van der Waals surface area contributed by atoms with Gasteiger partial charge in [-0.1, -0.05) is 30.3 Å². The van der Waals surface area contributed by atoms with Crippen LogP contribution in [-0.4, -0.2) is 62.8 Å². The molecule has 1 atom stereocenters. The van der Waals surface area contributed by atoms with E-state index in [2.05, 4.69) is 34.0 Å². The fourth-order valence-electron chi connectivity index (χ4n) is 3.58. The quantitative estimate of drug-likeness (QED) is 0.765. The number of carbonyl (C=O) groups excluding carboxylic acids is 1. The molecule has 1 aliphatic heterocycles. The van der Waals surface area contributed by atoms with Crippen LogP contribution in [-0.2, 0) is 6.42 Å². The number of fused-ring (bicyclic) bond motifs is 1. The molecule has 2 aromatic heterocycles. The van der Waals surface area contributed by atoms with Crippen molar-refractivity contribution in [1.82, 2.24) is 24.2 Å². The third-order valence-electron chi connectivity index (χ3n) is 4.95. The molecule has 0 bridgehead atoms. The molecule has 0 radical (unpaired) electrons. The van der Waals surface area contributed by atoms with Crippen molar-refractivity contribution in [3.63, 3.8) is 0 Å². The minimum Gasteiger partial charge on any atom is -0.331 e. The minimum atomic E-state index is -0.252. The van der Waals surface area contributed by atoms with Crippen LogP contribution < -0.4 is 5.56 Å². The van der Waals surface area contributed by atoms with Gasteiger partial charge in [-0.15, -0.1) is 0 Å². The number of aromatic amines is 1. The zero-order valence-corrected chi connectivity index (χ0v) is 14.6. The number of likely N-dealkylation sites (N-methyl/N-ethyl adjacent to an activating group) is 1. The van der Waals surface area contributed by atoms with Crippen LogP contribution in [0.2, 0.25) is 0 Å². The highest BCUT2D eigenvalue weighted by atomic mass is 16.2. The van der Waals surface area contributed by atoms with Crippen molar-refractivity contribution in [2.45, 2.75) is 12.5 Å². The van der Waals surface area contributed by atoms with Crippen molar-refractivity contribution in [2.24, 2.45) is 0 Å². The molecule has 0 aliphatic carbocycles. The van der Waals surface area contributed by atoms with Crippen molar-refractivity contribution in [1.29, 1.82) is 0 Å². The number of aromatic nitrogens is 3. The molecule has 3 aromatic rings. The van der Waals surface area contributed by atoms with Gasteiger partial charge in [0.05, 0.1) is 6.20 Å². The number of imidazole rings is 1. The maximum atomic E-state index is 13.3. The monoisotopic (exact) mass is 351 g/mol. The van der Waals surface area contributed by atoms with Crippen molar-refractivity contribution >= 4 is 11.4 Å². The highest BCUT2D eigenvalue weighted by molar-refractivity contribution is 5.93. The van der Waals surface area contributed by atoms with Crippen LogP contribution in [0.15, 0.2) is 53.8 Å². The Morgan fingerprint density at radius 1 is 1.27 bits per heavy atom. The molecule has 0 spiro atoms. The summed E-state index contributed by atoms with van der Waals surface area (Å²) in [4.78, 5) is 36.0. The van der Waals surface area contributed by atoms with Gasteiger partial charge < -0.3 is 14.8 Å². The van der Waals surface area contributed by atoms with E-state index in [9.17, 15) is 9.59 Å². The summed E-state index contributed by atoms with van der Waals surface area (Å²) in [5, 5.41) is 0. The normalized spacial score (nSPS) is 18.3. The Morgan fingerprint density at radius 2 is 2.08 bits per heavy atom. The van der Waals surface area contributed by atoms with Gasteiger partial charge in [-0.2, -0.15) is 0 Å². The number of carbonyl (C=O) groups is 1. The summed E-state index contributed by atoms with van der Waals surface area (Å²) in [7, 11) is 2.08. The van der Waals surface area contributed by atoms with Gasteiger partial charge in [-0.25, -0.2) is 4.98 Å². The van der Waals surface area contributed by atoms with Crippen LogP contribution in [0.1, 0.15) is 16.1 Å². The molecule has 7 nitrogen and oxygen atoms in total. The van der Waals surface area contributed by atoms with Gasteiger partial charge in [0.1, 0.15) is 17.5 Å². The van der Waals surface area contributed by atoms with E-state index in [0.717, 1.165) is 19.5 Å². The van der Waals surface area contributed by atoms with Gasteiger partial charge in [-0.3, -0.25) is 14.0 Å². The molecule has 1 N–H and O–H groups in total. The van der Waals surface area contributed by atoms with Crippen LogP contribution in [0.25, 0.3) is 5.52 Å². The number of nitrogens with zero attached hydrogens (tertiary/aromatic N) is 4. The van der Waals surface area contributed by atoms with Gasteiger partial charge in [-0.05, 0) is 19.0 Å². The van der Waals surface area contributed by atoms with Crippen molar-refractivity contribution < 1.29 is 4.79 Å². The van der Waals surface area contributed by atoms with E-state index in [1.165, 1.54) is 24.3 Å². The number of hydrogen-bond donors (Lipinski definition) is 1. The fourth-order valence-corrected chi connectivity index (χ4v) is 3.58. The van der Waals surface area contributed by atoms with Gasteiger partial charge in [0.2, 0.25) is 0 Å². The second-order valence-corrected chi connectivity index (χ2v) is 6.76. The zero-order valence-electron chi connectivity index (χ0n) is 14.6. The summed E-state index contributed by atoms with van der Waals surface area (Å²) in [6.45, 7) is 2.30. The first-order chi connectivity index (χ1) is 12.6. The lowest BCUT2D eigenvalue weighted by Crippen LogP contribution is -2.55. The van der Waals surface area contributed by atoms with Crippen LogP contribution >= 0.6 is 0 Å². The molecular formula is C19H21N5O2. The molecule has 3 heterocycles. The molecule has 26 heavy (non-hydrogen) atoms. The summed E-state index contributed by atoms with van der Waals surface area (Å²) >= 11 is 0. The van der Waals surface area contributed by atoms with E-state index in [1.807, 2.05) is 23.1 Å². The Bertz CT molecular complexity index is 978. The van der Waals surface area contributed by atoms with E-state index in [4.69, 9.17) is 0 Å². The van der Waals surface area contributed by atoms with E-state index >= 15 is 0 Å². The number of benzene rings is 1. The van der Waals surface area contributed by atoms with Crippen molar-refractivity contribution in [3.05, 3.63) is 70.7 Å². The first-order valence-corrected chi connectivity index (χ1v) is 8.70. The number of hydrogen-bond acceptors (Lipinski definition) is 4. The molecule has 1 amide bonds. The van der Waals surface area contributed by atoms with E-state index in [1.54, 1.807) is 4.40 Å². The van der Waals surface area contributed by atoms with Gasteiger partial charge in [0, 0.05) is 31.9 Å². The summed E-state index contributed by atoms with van der Waals surface area (Å²) in [5.41, 5.74) is 1.77. The summed E-state index contributed by atoms with van der Waals surface area (Å²) in [6, 6.07) is 10.3. The lowest BCUT2D eigenvalue weighted by molar-refractivity contribution is 0.0493.